The van der Waals surface area contributed by atoms with Gasteiger partial charge in [0, 0.05) is 50.7 Å². The molecule has 7 nitrogen and oxygen atoms in total. The van der Waals surface area contributed by atoms with Gasteiger partial charge in [-0.05, 0) is 31.7 Å². The number of aliphatic imine (C=N–C) groups is 1. The van der Waals surface area contributed by atoms with E-state index >= 15 is 0 Å². The van der Waals surface area contributed by atoms with Crippen LogP contribution in [0.25, 0.3) is 0 Å². The molecule has 0 radical (unpaired) electrons. The number of ether oxygens (including phenoxy) is 1. The molecule has 0 spiro atoms. The zero-order chi connectivity index (χ0) is 19.7. The van der Waals surface area contributed by atoms with Gasteiger partial charge in [-0.15, -0.1) is 35.3 Å². The zero-order valence-electron chi connectivity index (χ0n) is 17.4. The second-order valence-corrected chi connectivity index (χ2v) is 8.51. The molecule has 0 bridgehead atoms. The van der Waals surface area contributed by atoms with Gasteiger partial charge in [0.2, 0.25) is 5.91 Å². The highest BCUT2D eigenvalue weighted by atomic mass is 127. The fourth-order valence-electron chi connectivity index (χ4n) is 2.80. The number of carbonyl (C=O) groups excluding carboxylic acids is 1. The minimum absolute atomic E-state index is 0. The number of hydrogen-bond donors (Lipinski definition) is 2. The van der Waals surface area contributed by atoms with Crippen LogP contribution in [0.5, 0.6) is 0 Å². The van der Waals surface area contributed by atoms with Gasteiger partial charge in [0.25, 0.3) is 0 Å². The normalized spacial score (nSPS) is 15.6. The molecule has 1 aliphatic heterocycles. The molecule has 1 aromatic heterocycles. The molecule has 160 valence electrons. The average molecular weight is 523 g/mol. The summed E-state index contributed by atoms with van der Waals surface area (Å²) in [4.78, 5) is 21.7. The number of guanidine groups is 1. The summed E-state index contributed by atoms with van der Waals surface area (Å²) in [5, 5.41) is 8.87. The van der Waals surface area contributed by atoms with E-state index in [1.54, 1.807) is 30.3 Å². The molecule has 0 aliphatic carbocycles. The quantitative estimate of drug-likeness (QED) is 0.308. The standard InChI is InChI=1S/C19H33N5O2S.HI/c1-19(2,24-9-11-26-12-10-24)15-22-18(21-14-17(25)23(3)4)20-8-7-16-6-5-13-27-16;/h5-6,13H,7-12,14-15H2,1-4H3,(H2,20,21,22);1H. The lowest BCUT2D eigenvalue weighted by atomic mass is 10.0. The largest absolute Gasteiger partial charge is 0.379 e. The summed E-state index contributed by atoms with van der Waals surface area (Å²) in [7, 11) is 3.49. The Kier molecular flexibility index (Phi) is 11.3. The zero-order valence-corrected chi connectivity index (χ0v) is 20.5. The summed E-state index contributed by atoms with van der Waals surface area (Å²) in [6.07, 6.45) is 0.937. The maximum atomic E-state index is 11.9. The Morgan fingerprint density at radius 1 is 1.32 bits per heavy atom. The van der Waals surface area contributed by atoms with Crippen molar-refractivity contribution in [3.05, 3.63) is 22.4 Å². The van der Waals surface area contributed by atoms with Crippen LogP contribution in [0.15, 0.2) is 22.5 Å². The molecule has 0 atom stereocenters. The summed E-state index contributed by atoms with van der Waals surface area (Å²) in [5.74, 6) is 0.671. The maximum absolute atomic E-state index is 11.9. The Morgan fingerprint density at radius 3 is 2.64 bits per heavy atom. The van der Waals surface area contributed by atoms with Gasteiger partial charge < -0.3 is 20.3 Å². The predicted octanol–water partition coefficient (Wildman–Crippen LogP) is 1.64. The molecule has 1 aliphatic rings. The Balaban J connectivity index is 0.00000392. The van der Waals surface area contributed by atoms with Gasteiger partial charge in [0.05, 0.1) is 13.2 Å². The first-order valence-corrected chi connectivity index (χ1v) is 10.3. The lowest BCUT2D eigenvalue weighted by molar-refractivity contribution is -0.127. The van der Waals surface area contributed by atoms with E-state index in [0.717, 1.165) is 45.8 Å². The number of nitrogens with zero attached hydrogens (tertiary/aromatic N) is 3. The van der Waals surface area contributed by atoms with Crippen molar-refractivity contribution >= 4 is 47.2 Å². The number of nitrogens with one attached hydrogen (secondary N) is 2. The molecular weight excluding hydrogens is 489 g/mol. The minimum Gasteiger partial charge on any atom is -0.379 e. The van der Waals surface area contributed by atoms with E-state index in [2.05, 4.69) is 51.9 Å². The number of amides is 1. The molecule has 1 amide bonds. The molecule has 2 N–H and O–H groups in total. The molecular formula is C19H34IN5O2S. The van der Waals surface area contributed by atoms with E-state index in [1.807, 2.05) is 0 Å². The van der Waals surface area contributed by atoms with Crippen LogP contribution in [0, 0.1) is 0 Å². The Hall–Kier alpha value is -0.910. The summed E-state index contributed by atoms with van der Waals surface area (Å²) < 4.78 is 5.46. The SMILES string of the molecule is CN(C)C(=O)CN=C(NCCc1cccs1)NCC(C)(C)N1CCOCC1.I. The smallest absolute Gasteiger partial charge is 0.243 e. The molecule has 1 fully saturated rings. The average Bonchev–Trinajstić information content (AvgIpc) is 3.17. The van der Waals surface area contributed by atoms with Crippen molar-refractivity contribution in [2.24, 2.45) is 4.99 Å². The highest BCUT2D eigenvalue weighted by molar-refractivity contribution is 14.0. The number of carbonyl (C=O) groups is 1. The van der Waals surface area contributed by atoms with Gasteiger partial charge in [0.1, 0.15) is 6.54 Å². The van der Waals surface area contributed by atoms with Gasteiger partial charge in [0.15, 0.2) is 5.96 Å². The molecule has 28 heavy (non-hydrogen) atoms. The van der Waals surface area contributed by atoms with Crippen molar-refractivity contribution in [3.8, 4) is 0 Å². The van der Waals surface area contributed by atoms with Gasteiger partial charge >= 0.3 is 0 Å². The number of thiophene rings is 1. The summed E-state index contributed by atoms with van der Waals surface area (Å²) in [5.41, 5.74) is -0.0223. The third kappa shape index (κ3) is 8.62. The van der Waals surface area contributed by atoms with Crippen LogP contribution in [0.2, 0.25) is 0 Å². The van der Waals surface area contributed by atoms with Crippen LogP contribution >= 0.6 is 35.3 Å². The first-order chi connectivity index (χ1) is 12.9. The monoisotopic (exact) mass is 523 g/mol. The van der Waals surface area contributed by atoms with Crippen LogP contribution in [-0.4, -0.2) is 87.2 Å². The number of hydrogen-bond acceptors (Lipinski definition) is 5. The van der Waals surface area contributed by atoms with Crippen LogP contribution in [0.1, 0.15) is 18.7 Å². The fourth-order valence-corrected chi connectivity index (χ4v) is 3.51. The van der Waals surface area contributed by atoms with Crippen molar-refractivity contribution in [1.82, 2.24) is 20.4 Å². The Morgan fingerprint density at radius 2 is 2.04 bits per heavy atom. The Labute approximate surface area is 189 Å². The number of morpholine rings is 1. The van der Waals surface area contributed by atoms with Gasteiger partial charge in [-0.2, -0.15) is 0 Å². The number of rotatable bonds is 8. The molecule has 9 heteroatoms. The second kappa shape index (κ2) is 12.6. The second-order valence-electron chi connectivity index (χ2n) is 7.47. The van der Waals surface area contributed by atoms with Crippen molar-refractivity contribution in [1.29, 1.82) is 0 Å². The first-order valence-electron chi connectivity index (χ1n) is 9.46. The van der Waals surface area contributed by atoms with E-state index in [0.29, 0.717) is 5.96 Å². The summed E-state index contributed by atoms with van der Waals surface area (Å²) in [6, 6.07) is 4.20. The molecule has 0 unspecified atom stereocenters. The van der Waals surface area contributed by atoms with Crippen LogP contribution in [-0.2, 0) is 16.0 Å². The van der Waals surface area contributed by atoms with E-state index in [1.165, 1.54) is 4.88 Å². The molecule has 2 heterocycles. The number of halogens is 1. The molecule has 1 saturated heterocycles. The minimum atomic E-state index is -0.0223. The van der Waals surface area contributed by atoms with E-state index < -0.39 is 0 Å². The number of likely N-dealkylation sites (N-methyl/N-ethyl adjacent to an activating group) is 1. The van der Waals surface area contributed by atoms with Gasteiger partial charge in [-0.3, -0.25) is 9.69 Å². The van der Waals surface area contributed by atoms with E-state index in [4.69, 9.17) is 4.74 Å². The van der Waals surface area contributed by atoms with Crippen molar-refractivity contribution in [2.75, 3.05) is 60.0 Å². The lowest BCUT2D eigenvalue weighted by Gasteiger charge is -2.41. The molecule has 0 saturated carbocycles. The first kappa shape index (κ1) is 25.1. The third-order valence-corrected chi connectivity index (χ3v) is 5.61. The van der Waals surface area contributed by atoms with Gasteiger partial charge in [-0.25, -0.2) is 4.99 Å². The maximum Gasteiger partial charge on any atom is 0.243 e. The topological polar surface area (TPSA) is 69.2 Å². The summed E-state index contributed by atoms with van der Waals surface area (Å²) >= 11 is 1.75. The third-order valence-electron chi connectivity index (χ3n) is 4.67. The van der Waals surface area contributed by atoms with Crippen molar-refractivity contribution in [2.45, 2.75) is 25.8 Å². The van der Waals surface area contributed by atoms with Crippen LogP contribution in [0.3, 0.4) is 0 Å². The van der Waals surface area contributed by atoms with Gasteiger partial charge in [-0.1, -0.05) is 6.07 Å². The molecule has 2 rings (SSSR count). The summed E-state index contributed by atoms with van der Waals surface area (Å²) in [6.45, 7) is 9.53. The van der Waals surface area contributed by atoms with Crippen molar-refractivity contribution in [3.63, 3.8) is 0 Å². The fraction of sp³-hybridized carbons (Fsp3) is 0.684. The van der Waals surface area contributed by atoms with Crippen molar-refractivity contribution < 1.29 is 9.53 Å². The highest BCUT2D eigenvalue weighted by Crippen LogP contribution is 2.15. The predicted molar refractivity (Wildman–Crippen MR) is 127 cm³/mol. The lowest BCUT2D eigenvalue weighted by Crippen LogP contribution is -2.56. The van der Waals surface area contributed by atoms with Crippen LogP contribution < -0.4 is 10.6 Å². The highest BCUT2D eigenvalue weighted by Gasteiger charge is 2.28. The molecule has 0 aromatic carbocycles. The van der Waals surface area contributed by atoms with E-state index in [9.17, 15) is 4.79 Å². The van der Waals surface area contributed by atoms with E-state index in [-0.39, 0.29) is 42.0 Å². The Bertz CT molecular complexity index is 601. The van der Waals surface area contributed by atoms with Crippen LogP contribution in [0.4, 0.5) is 0 Å². The molecule has 1 aromatic rings.